The molecular formula is C18H14N2O2S. The van der Waals surface area contributed by atoms with Gasteiger partial charge in [-0.15, -0.1) is 11.3 Å². The maximum absolute atomic E-state index is 12.8. The topological polar surface area (TPSA) is 53.3 Å². The Bertz CT molecular complexity index is 997. The molecule has 0 bridgehead atoms. The summed E-state index contributed by atoms with van der Waals surface area (Å²) in [7, 11) is 0. The number of benzene rings is 2. The minimum atomic E-state index is 0.0355. The highest BCUT2D eigenvalue weighted by Crippen LogP contribution is 2.28. The number of hydrogen-bond acceptors (Lipinski definition) is 5. The molecule has 0 unspecified atom stereocenters. The molecule has 0 amide bonds. The van der Waals surface area contributed by atoms with Crippen molar-refractivity contribution in [3.8, 4) is 6.07 Å². The van der Waals surface area contributed by atoms with E-state index in [1.54, 1.807) is 29.5 Å². The molecule has 114 valence electrons. The summed E-state index contributed by atoms with van der Waals surface area (Å²) in [5, 5.41) is 10.4. The first-order valence-electron chi connectivity index (χ1n) is 7.50. The molecule has 4 rings (SSSR count). The van der Waals surface area contributed by atoms with E-state index in [2.05, 4.69) is 17.0 Å². The smallest absolute Gasteiger partial charge is 0.195 e. The molecule has 2 heterocycles. The Kier molecular flexibility index (Phi) is 3.49. The summed E-state index contributed by atoms with van der Waals surface area (Å²) in [4.78, 5) is 15.0. The van der Waals surface area contributed by atoms with E-state index in [9.17, 15) is 4.79 Å². The van der Waals surface area contributed by atoms with Gasteiger partial charge in [0.25, 0.3) is 0 Å². The summed E-state index contributed by atoms with van der Waals surface area (Å²) in [5.41, 5.74) is 1.68. The molecular weight excluding hydrogens is 308 g/mol. The highest BCUT2D eigenvalue weighted by molar-refractivity contribution is 7.24. The normalized spacial score (nSPS) is 15.0. The minimum absolute atomic E-state index is 0.0355. The second-order valence-corrected chi connectivity index (χ2v) is 6.62. The van der Waals surface area contributed by atoms with Crippen LogP contribution < -0.4 is 10.3 Å². The monoisotopic (exact) mass is 322 g/mol. The quantitative estimate of drug-likeness (QED) is 0.646. The minimum Gasteiger partial charge on any atom is -0.378 e. The average molecular weight is 322 g/mol. The number of fused-ring (bicyclic) bond motifs is 2. The second-order valence-electron chi connectivity index (χ2n) is 5.53. The molecule has 1 saturated heterocycles. The third kappa shape index (κ3) is 2.46. The van der Waals surface area contributed by atoms with Gasteiger partial charge in [0.1, 0.15) is 0 Å². The zero-order valence-electron chi connectivity index (χ0n) is 12.4. The van der Waals surface area contributed by atoms with Gasteiger partial charge in [-0.1, -0.05) is 0 Å². The number of nitrogens with zero attached hydrogens (tertiary/aromatic N) is 2. The molecule has 1 aromatic heterocycles. The zero-order chi connectivity index (χ0) is 15.8. The molecule has 0 N–H and O–H groups in total. The molecule has 1 aliphatic heterocycles. The van der Waals surface area contributed by atoms with E-state index in [-0.39, 0.29) is 5.43 Å². The van der Waals surface area contributed by atoms with Crippen molar-refractivity contribution in [1.29, 1.82) is 5.26 Å². The molecule has 2 aromatic carbocycles. The van der Waals surface area contributed by atoms with Crippen molar-refractivity contribution in [2.45, 2.75) is 0 Å². The Morgan fingerprint density at radius 2 is 1.87 bits per heavy atom. The fourth-order valence-corrected chi connectivity index (χ4v) is 4.02. The molecule has 1 aliphatic rings. The largest absolute Gasteiger partial charge is 0.378 e. The molecule has 5 heteroatoms. The van der Waals surface area contributed by atoms with Crippen molar-refractivity contribution >= 4 is 37.2 Å². The summed E-state index contributed by atoms with van der Waals surface area (Å²) in [5.74, 6) is 0. The summed E-state index contributed by atoms with van der Waals surface area (Å²) in [6.07, 6.45) is 0. The number of morpholine rings is 1. The van der Waals surface area contributed by atoms with Gasteiger partial charge in [0, 0.05) is 38.9 Å². The SMILES string of the molecule is N#Cc1ccc2c(=O)c3cc(N4CCOCC4)ccc3sc2c1. The van der Waals surface area contributed by atoms with E-state index >= 15 is 0 Å². The third-order valence-corrected chi connectivity index (χ3v) is 5.29. The lowest BCUT2D eigenvalue weighted by Gasteiger charge is -2.29. The number of anilines is 1. The third-order valence-electron chi connectivity index (χ3n) is 4.16. The number of rotatable bonds is 1. The maximum atomic E-state index is 12.8. The van der Waals surface area contributed by atoms with Gasteiger partial charge in [-0.05, 0) is 36.4 Å². The predicted molar refractivity (Wildman–Crippen MR) is 93.3 cm³/mol. The molecule has 1 fully saturated rings. The van der Waals surface area contributed by atoms with Crippen molar-refractivity contribution < 1.29 is 4.74 Å². The van der Waals surface area contributed by atoms with Gasteiger partial charge in [-0.2, -0.15) is 5.26 Å². The molecule has 0 spiro atoms. The summed E-state index contributed by atoms with van der Waals surface area (Å²) < 4.78 is 7.20. The first-order valence-corrected chi connectivity index (χ1v) is 8.31. The summed E-state index contributed by atoms with van der Waals surface area (Å²) in [6, 6.07) is 13.4. The van der Waals surface area contributed by atoms with Gasteiger partial charge in [0.2, 0.25) is 0 Å². The molecule has 0 atom stereocenters. The zero-order valence-corrected chi connectivity index (χ0v) is 13.2. The van der Waals surface area contributed by atoms with Crippen LogP contribution in [0, 0.1) is 11.3 Å². The van der Waals surface area contributed by atoms with Gasteiger partial charge in [0.05, 0.1) is 24.8 Å². The van der Waals surface area contributed by atoms with Gasteiger partial charge in [-0.25, -0.2) is 0 Å². The highest BCUT2D eigenvalue weighted by Gasteiger charge is 2.13. The van der Waals surface area contributed by atoms with Crippen molar-refractivity contribution in [2.24, 2.45) is 0 Å². The Labute approximate surface area is 137 Å². The standard InChI is InChI=1S/C18H14N2O2S/c19-11-12-1-3-14-17(9-12)23-16-4-2-13(10-15(16)18(14)21)20-5-7-22-8-6-20/h1-4,9-10H,5-8H2. The van der Waals surface area contributed by atoms with Crippen molar-refractivity contribution in [1.82, 2.24) is 0 Å². The lowest BCUT2D eigenvalue weighted by Crippen LogP contribution is -2.36. The van der Waals surface area contributed by atoms with Crippen LogP contribution in [-0.2, 0) is 4.74 Å². The average Bonchev–Trinajstić information content (AvgIpc) is 2.62. The van der Waals surface area contributed by atoms with E-state index in [1.165, 1.54) is 0 Å². The van der Waals surface area contributed by atoms with Gasteiger partial charge in [0.15, 0.2) is 5.43 Å². The Hall–Kier alpha value is -2.42. The van der Waals surface area contributed by atoms with Crippen LogP contribution in [0.25, 0.3) is 20.2 Å². The molecule has 4 nitrogen and oxygen atoms in total. The van der Waals surface area contributed by atoms with E-state index in [4.69, 9.17) is 10.00 Å². The van der Waals surface area contributed by atoms with E-state index in [1.807, 2.05) is 12.1 Å². The molecule has 3 aromatic rings. The highest BCUT2D eigenvalue weighted by atomic mass is 32.1. The van der Waals surface area contributed by atoms with Crippen LogP contribution in [0.3, 0.4) is 0 Å². The molecule has 23 heavy (non-hydrogen) atoms. The van der Waals surface area contributed by atoms with Gasteiger partial charge in [-0.3, -0.25) is 4.79 Å². The van der Waals surface area contributed by atoms with E-state index < -0.39 is 0 Å². The Morgan fingerprint density at radius 1 is 1.04 bits per heavy atom. The Morgan fingerprint density at radius 3 is 2.65 bits per heavy atom. The predicted octanol–water partition coefficient (Wildman–Crippen LogP) is 3.12. The van der Waals surface area contributed by atoms with Crippen LogP contribution in [0.5, 0.6) is 0 Å². The van der Waals surface area contributed by atoms with Crippen LogP contribution in [0.15, 0.2) is 41.2 Å². The Balaban J connectivity index is 1.91. The molecule has 0 radical (unpaired) electrons. The van der Waals surface area contributed by atoms with Crippen molar-refractivity contribution in [3.63, 3.8) is 0 Å². The number of hydrogen-bond donors (Lipinski definition) is 0. The van der Waals surface area contributed by atoms with E-state index in [0.717, 1.165) is 46.8 Å². The fourth-order valence-electron chi connectivity index (χ4n) is 2.93. The van der Waals surface area contributed by atoms with Gasteiger partial charge < -0.3 is 9.64 Å². The van der Waals surface area contributed by atoms with Crippen LogP contribution in [-0.4, -0.2) is 26.3 Å². The number of nitriles is 1. The van der Waals surface area contributed by atoms with Crippen LogP contribution in [0.1, 0.15) is 5.56 Å². The first-order chi connectivity index (χ1) is 11.3. The lowest BCUT2D eigenvalue weighted by atomic mass is 10.1. The summed E-state index contributed by atoms with van der Waals surface area (Å²) in [6.45, 7) is 3.14. The van der Waals surface area contributed by atoms with E-state index in [0.29, 0.717) is 10.9 Å². The second kappa shape index (κ2) is 5.65. The summed E-state index contributed by atoms with van der Waals surface area (Å²) >= 11 is 1.56. The lowest BCUT2D eigenvalue weighted by molar-refractivity contribution is 0.122. The first kappa shape index (κ1) is 14.2. The molecule has 0 aliphatic carbocycles. The number of ether oxygens (including phenoxy) is 1. The fraction of sp³-hybridized carbons (Fsp3) is 0.222. The van der Waals surface area contributed by atoms with Crippen LogP contribution >= 0.6 is 11.3 Å². The van der Waals surface area contributed by atoms with Crippen molar-refractivity contribution in [3.05, 3.63) is 52.2 Å². The maximum Gasteiger partial charge on any atom is 0.195 e. The molecule has 0 saturated carbocycles. The van der Waals surface area contributed by atoms with Crippen LogP contribution in [0.4, 0.5) is 5.69 Å². The van der Waals surface area contributed by atoms with Gasteiger partial charge >= 0.3 is 0 Å². The van der Waals surface area contributed by atoms with Crippen molar-refractivity contribution in [2.75, 3.05) is 31.2 Å². The van der Waals surface area contributed by atoms with Crippen LogP contribution in [0.2, 0.25) is 0 Å².